The third-order valence-electron chi connectivity index (χ3n) is 4.96. The lowest BCUT2D eigenvalue weighted by molar-refractivity contribution is -0.138. The highest BCUT2D eigenvalue weighted by Gasteiger charge is 2.31. The molecule has 1 heterocycles. The van der Waals surface area contributed by atoms with Crippen LogP contribution >= 0.6 is 0 Å². The Balaban J connectivity index is 1.73. The number of benzene rings is 2. The molecule has 0 aromatic heterocycles. The Labute approximate surface area is 167 Å². The van der Waals surface area contributed by atoms with Crippen LogP contribution in [0.2, 0.25) is 0 Å². The minimum Gasteiger partial charge on any atom is -0.341 e. The largest absolute Gasteiger partial charge is 0.416 e. The molecule has 1 atom stereocenters. The van der Waals surface area contributed by atoms with E-state index in [1.807, 2.05) is 30.3 Å². The Morgan fingerprint density at radius 3 is 2.34 bits per heavy atom. The molecule has 1 aliphatic heterocycles. The molecular formula is C22H21F3N2O2. The number of amides is 2. The van der Waals surface area contributed by atoms with E-state index in [-0.39, 0.29) is 24.8 Å². The predicted molar refractivity (Wildman–Crippen MR) is 103 cm³/mol. The first-order chi connectivity index (χ1) is 13.7. The second-order valence-corrected chi connectivity index (χ2v) is 7.04. The maximum absolute atomic E-state index is 12.8. The van der Waals surface area contributed by atoms with Crippen LogP contribution in [0.3, 0.4) is 0 Å². The van der Waals surface area contributed by atoms with E-state index >= 15 is 0 Å². The van der Waals surface area contributed by atoms with Crippen LogP contribution in [-0.4, -0.2) is 28.7 Å². The van der Waals surface area contributed by atoms with Crippen molar-refractivity contribution in [2.45, 2.75) is 32.1 Å². The summed E-state index contributed by atoms with van der Waals surface area (Å²) >= 11 is 0. The molecule has 0 saturated heterocycles. The van der Waals surface area contributed by atoms with E-state index in [0.29, 0.717) is 5.56 Å². The number of halogens is 3. The number of hydrogen-bond acceptors (Lipinski definition) is 2. The summed E-state index contributed by atoms with van der Waals surface area (Å²) in [4.78, 5) is 27.8. The van der Waals surface area contributed by atoms with Gasteiger partial charge >= 0.3 is 6.18 Å². The Bertz CT molecular complexity index is 936. The Kier molecular flexibility index (Phi) is 5.77. The van der Waals surface area contributed by atoms with Gasteiger partial charge in [-0.3, -0.25) is 9.59 Å². The average Bonchev–Trinajstić information content (AvgIpc) is 2.67. The van der Waals surface area contributed by atoms with E-state index in [0.717, 1.165) is 23.3 Å². The fraction of sp³-hybridized carbons (Fsp3) is 0.273. The van der Waals surface area contributed by atoms with Crippen molar-refractivity contribution >= 4 is 17.9 Å². The molecule has 0 radical (unpaired) electrons. The first-order valence-electron chi connectivity index (χ1n) is 9.13. The molecule has 0 fully saturated rings. The summed E-state index contributed by atoms with van der Waals surface area (Å²) in [6.07, 6.45) is -0.793. The fourth-order valence-electron chi connectivity index (χ4n) is 3.40. The molecule has 4 nitrogen and oxygen atoms in total. The van der Waals surface area contributed by atoms with Crippen molar-refractivity contribution in [1.82, 2.24) is 9.80 Å². The van der Waals surface area contributed by atoms with Crippen LogP contribution in [0.4, 0.5) is 13.2 Å². The number of carbonyl (C=O) groups excluding carboxylic acids is 2. The van der Waals surface area contributed by atoms with Crippen molar-refractivity contribution in [3.63, 3.8) is 0 Å². The van der Waals surface area contributed by atoms with Crippen molar-refractivity contribution in [1.29, 1.82) is 0 Å². The number of rotatable bonds is 4. The lowest BCUT2D eigenvalue weighted by Crippen LogP contribution is -2.35. The molecule has 29 heavy (non-hydrogen) atoms. The fourth-order valence-corrected chi connectivity index (χ4v) is 3.40. The lowest BCUT2D eigenvalue weighted by Gasteiger charge is -2.33. The van der Waals surface area contributed by atoms with Gasteiger partial charge in [0.05, 0.1) is 18.0 Å². The zero-order valence-electron chi connectivity index (χ0n) is 16.1. The zero-order chi connectivity index (χ0) is 21.2. The molecule has 0 N–H and O–H groups in total. The highest BCUT2D eigenvalue weighted by molar-refractivity contribution is 5.81. The summed E-state index contributed by atoms with van der Waals surface area (Å²) < 4.78 is 38.1. The second kappa shape index (κ2) is 8.11. The van der Waals surface area contributed by atoms with Crippen molar-refractivity contribution in [3.05, 3.63) is 77.0 Å². The standard InChI is InChI=1S/C22H21F3N2O2/c1-15(28)27-12-11-17-5-3-4-6-19(17)20(27)13-21(29)26(2)14-16-7-9-18(10-8-16)22(23,24)25/h3-12,20H,13-14H2,1-2H3/t20-/m0/s1. The van der Waals surface area contributed by atoms with E-state index in [9.17, 15) is 22.8 Å². The molecular weight excluding hydrogens is 381 g/mol. The monoisotopic (exact) mass is 402 g/mol. The van der Waals surface area contributed by atoms with E-state index < -0.39 is 17.8 Å². The van der Waals surface area contributed by atoms with Gasteiger partial charge in [-0.15, -0.1) is 0 Å². The molecule has 0 bridgehead atoms. The van der Waals surface area contributed by atoms with Crippen LogP contribution in [0.15, 0.2) is 54.7 Å². The summed E-state index contributed by atoms with van der Waals surface area (Å²) in [6.45, 7) is 1.63. The minimum atomic E-state index is -4.39. The van der Waals surface area contributed by atoms with Gasteiger partial charge in [-0.05, 0) is 34.9 Å². The molecule has 0 saturated carbocycles. The molecule has 2 amide bonds. The van der Waals surface area contributed by atoms with Gasteiger partial charge in [0, 0.05) is 26.7 Å². The van der Waals surface area contributed by atoms with Crippen molar-refractivity contribution < 1.29 is 22.8 Å². The molecule has 2 aromatic rings. The topological polar surface area (TPSA) is 40.6 Å². The minimum absolute atomic E-state index is 0.0814. The van der Waals surface area contributed by atoms with Gasteiger partial charge in [0.25, 0.3) is 0 Å². The molecule has 7 heteroatoms. The predicted octanol–water partition coefficient (Wildman–Crippen LogP) is 4.63. The third kappa shape index (κ3) is 4.67. The van der Waals surface area contributed by atoms with Crippen LogP contribution < -0.4 is 0 Å². The Morgan fingerprint density at radius 1 is 1.07 bits per heavy atom. The summed E-state index contributed by atoms with van der Waals surface area (Å²) in [5, 5.41) is 0. The number of nitrogens with zero attached hydrogens (tertiary/aromatic N) is 2. The molecule has 1 aliphatic rings. The number of hydrogen-bond donors (Lipinski definition) is 0. The molecule has 0 spiro atoms. The highest BCUT2D eigenvalue weighted by atomic mass is 19.4. The van der Waals surface area contributed by atoms with Crippen LogP contribution in [0.5, 0.6) is 0 Å². The van der Waals surface area contributed by atoms with Crippen LogP contribution in [0, 0.1) is 0 Å². The zero-order valence-corrected chi connectivity index (χ0v) is 16.1. The van der Waals surface area contributed by atoms with Gasteiger partial charge in [-0.25, -0.2) is 0 Å². The first kappa shape index (κ1) is 20.6. The van der Waals surface area contributed by atoms with E-state index in [4.69, 9.17) is 0 Å². The number of fused-ring (bicyclic) bond motifs is 1. The SMILES string of the molecule is CC(=O)N1C=Cc2ccccc2[C@@H]1CC(=O)N(C)Cc1ccc(C(F)(F)F)cc1. The summed E-state index contributed by atoms with van der Waals surface area (Å²) in [7, 11) is 1.60. The summed E-state index contributed by atoms with van der Waals surface area (Å²) in [5.41, 5.74) is 1.72. The van der Waals surface area contributed by atoms with Crippen LogP contribution in [0.25, 0.3) is 6.08 Å². The van der Waals surface area contributed by atoms with E-state index in [1.54, 1.807) is 13.2 Å². The Hall–Kier alpha value is -3.09. The van der Waals surface area contributed by atoms with Gasteiger partial charge in [0.1, 0.15) is 0 Å². The highest BCUT2D eigenvalue weighted by Crippen LogP contribution is 2.33. The molecule has 3 rings (SSSR count). The van der Waals surface area contributed by atoms with Gasteiger partial charge in [0.2, 0.25) is 11.8 Å². The third-order valence-corrected chi connectivity index (χ3v) is 4.96. The Morgan fingerprint density at radius 2 is 1.72 bits per heavy atom. The first-order valence-corrected chi connectivity index (χ1v) is 9.13. The van der Waals surface area contributed by atoms with Gasteiger partial charge in [-0.2, -0.15) is 13.2 Å². The lowest BCUT2D eigenvalue weighted by atomic mass is 9.93. The van der Waals surface area contributed by atoms with Crippen LogP contribution in [-0.2, 0) is 22.3 Å². The van der Waals surface area contributed by atoms with E-state index in [1.165, 1.54) is 28.9 Å². The smallest absolute Gasteiger partial charge is 0.341 e. The number of alkyl halides is 3. The van der Waals surface area contributed by atoms with Gasteiger partial charge < -0.3 is 9.80 Å². The van der Waals surface area contributed by atoms with Crippen molar-refractivity contribution in [2.75, 3.05) is 7.05 Å². The molecule has 0 aliphatic carbocycles. The van der Waals surface area contributed by atoms with Crippen molar-refractivity contribution in [2.24, 2.45) is 0 Å². The normalized spacial score (nSPS) is 15.8. The maximum atomic E-state index is 12.8. The molecule has 2 aromatic carbocycles. The van der Waals surface area contributed by atoms with Crippen molar-refractivity contribution in [3.8, 4) is 0 Å². The van der Waals surface area contributed by atoms with Gasteiger partial charge in [0.15, 0.2) is 0 Å². The van der Waals surface area contributed by atoms with Crippen LogP contribution in [0.1, 0.15) is 41.6 Å². The molecule has 0 unspecified atom stereocenters. The summed E-state index contributed by atoms with van der Waals surface area (Å²) in [6, 6.07) is 11.9. The maximum Gasteiger partial charge on any atom is 0.416 e. The average molecular weight is 402 g/mol. The quantitative estimate of drug-likeness (QED) is 0.748. The second-order valence-electron chi connectivity index (χ2n) is 7.04. The summed E-state index contributed by atoms with van der Waals surface area (Å²) in [5.74, 6) is -0.370. The molecule has 152 valence electrons. The number of carbonyl (C=O) groups is 2. The van der Waals surface area contributed by atoms with Gasteiger partial charge in [-0.1, -0.05) is 36.4 Å². The van der Waals surface area contributed by atoms with E-state index in [2.05, 4.69) is 0 Å².